The quantitative estimate of drug-likeness (QED) is 0.810. The third-order valence-electron chi connectivity index (χ3n) is 2.01. The lowest BCUT2D eigenvalue weighted by Gasteiger charge is -2.10. The van der Waals surface area contributed by atoms with Gasteiger partial charge in [0.05, 0.1) is 10.6 Å². The van der Waals surface area contributed by atoms with Crippen molar-refractivity contribution in [2.75, 3.05) is 6.26 Å². The summed E-state index contributed by atoms with van der Waals surface area (Å²) in [7, 11) is 0. The van der Waals surface area contributed by atoms with Crippen LogP contribution in [0.5, 0.6) is 0 Å². The number of carbonyl (C=O) groups is 1. The molecule has 0 aliphatic rings. The Bertz CT molecular complexity index is 363. The molecule has 4 heteroatoms. The first-order valence-electron chi connectivity index (χ1n) is 4.20. The van der Waals surface area contributed by atoms with Gasteiger partial charge in [0, 0.05) is 4.90 Å². The molecule has 2 nitrogen and oxygen atoms in total. The fourth-order valence-electron chi connectivity index (χ4n) is 1.37. The molecule has 1 rings (SSSR count). The molecule has 0 aromatic heterocycles. The number of carboxylic acids is 1. The maximum atomic E-state index is 11.0. The van der Waals surface area contributed by atoms with Gasteiger partial charge >= 0.3 is 5.97 Å². The zero-order valence-corrected chi connectivity index (χ0v) is 9.58. The monoisotopic (exact) mass is 230 g/mol. The molecule has 0 aliphatic carbocycles. The SMILES string of the molecule is CCc1c(SC)ccc(Cl)c1C(=O)O. The molecule has 76 valence electrons. The first kappa shape index (κ1) is 11.4. The lowest BCUT2D eigenvalue weighted by atomic mass is 10.1. The highest BCUT2D eigenvalue weighted by Gasteiger charge is 2.16. The van der Waals surface area contributed by atoms with Gasteiger partial charge in [-0.25, -0.2) is 4.79 Å². The summed E-state index contributed by atoms with van der Waals surface area (Å²) >= 11 is 7.38. The molecule has 0 heterocycles. The van der Waals surface area contributed by atoms with E-state index in [0.29, 0.717) is 11.4 Å². The van der Waals surface area contributed by atoms with E-state index in [9.17, 15) is 4.79 Å². The Balaban J connectivity index is 3.42. The van der Waals surface area contributed by atoms with Gasteiger partial charge in [-0.1, -0.05) is 18.5 Å². The number of hydrogen-bond acceptors (Lipinski definition) is 2. The molecular formula is C10H11ClO2S. The van der Waals surface area contributed by atoms with E-state index in [2.05, 4.69) is 0 Å². The van der Waals surface area contributed by atoms with Crippen molar-refractivity contribution in [3.8, 4) is 0 Å². The predicted octanol–water partition coefficient (Wildman–Crippen LogP) is 3.32. The molecule has 0 amide bonds. The molecule has 0 saturated carbocycles. The number of benzene rings is 1. The van der Waals surface area contributed by atoms with Crippen LogP contribution in [0.4, 0.5) is 0 Å². The van der Waals surface area contributed by atoms with Gasteiger partial charge in [-0.2, -0.15) is 0 Å². The van der Waals surface area contributed by atoms with Gasteiger partial charge in [-0.05, 0) is 30.4 Å². The largest absolute Gasteiger partial charge is 0.478 e. The zero-order chi connectivity index (χ0) is 10.7. The maximum absolute atomic E-state index is 11.0. The van der Waals surface area contributed by atoms with E-state index in [1.165, 1.54) is 11.8 Å². The fraction of sp³-hybridized carbons (Fsp3) is 0.300. The van der Waals surface area contributed by atoms with Crippen molar-refractivity contribution in [1.82, 2.24) is 0 Å². The van der Waals surface area contributed by atoms with Crippen LogP contribution >= 0.6 is 23.4 Å². The summed E-state index contributed by atoms with van der Waals surface area (Å²) in [6.45, 7) is 1.93. The Morgan fingerprint density at radius 3 is 2.64 bits per heavy atom. The molecule has 0 spiro atoms. The Hall–Kier alpha value is -0.670. The summed E-state index contributed by atoms with van der Waals surface area (Å²) in [6.07, 6.45) is 2.60. The lowest BCUT2D eigenvalue weighted by Crippen LogP contribution is -2.04. The van der Waals surface area contributed by atoms with Crippen molar-refractivity contribution >= 4 is 29.3 Å². The van der Waals surface area contributed by atoms with E-state index in [4.69, 9.17) is 16.7 Å². The first-order valence-corrected chi connectivity index (χ1v) is 5.80. The van der Waals surface area contributed by atoms with Gasteiger partial charge in [-0.3, -0.25) is 0 Å². The highest BCUT2D eigenvalue weighted by Crippen LogP contribution is 2.29. The van der Waals surface area contributed by atoms with Gasteiger partial charge < -0.3 is 5.11 Å². The van der Waals surface area contributed by atoms with E-state index in [1.807, 2.05) is 19.2 Å². The summed E-state index contributed by atoms with van der Waals surface area (Å²) in [6, 6.07) is 3.49. The van der Waals surface area contributed by atoms with Crippen molar-refractivity contribution < 1.29 is 9.90 Å². The van der Waals surface area contributed by atoms with Crippen LogP contribution in [0.3, 0.4) is 0 Å². The van der Waals surface area contributed by atoms with E-state index in [1.54, 1.807) is 6.07 Å². The number of rotatable bonds is 3. The number of hydrogen-bond donors (Lipinski definition) is 1. The van der Waals surface area contributed by atoms with Crippen LogP contribution in [0.1, 0.15) is 22.8 Å². The zero-order valence-electron chi connectivity index (χ0n) is 8.00. The van der Waals surface area contributed by atoms with Crippen LogP contribution in [-0.2, 0) is 6.42 Å². The lowest BCUT2D eigenvalue weighted by molar-refractivity contribution is 0.0695. The standard InChI is InChI=1S/C10H11ClO2S/c1-3-6-8(14-2)5-4-7(11)9(6)10(12)13/h4-5H,3H2,1-2H3,(H,12,13). The predicted molar refractivity (Wildman–Crippen MR) is 59.6 cm³/mol. The number of thioether (sulfide) groups is 1. The van der Waals surface area contributed by atoms with E-state index >= 15 is 0 Å². The Kier molecular flexibility index (Phi) is 3.84. The van der Waals surface area contributed by atoms with Crippen molar-refractivity contribution in [2.24, 2.45) is 0 Å². The number of carboxylic acid groups (broad SMARTS) is 1. The minimum Gasteiger partial charge on any atom is -0.478 e. The maximum Gasteiger partial charge on any atom is 0.337 e. The van der Waals surface area contributed by atoms with E-state index < -0.39 is 5.97 Å². The number of aromatic carboxylic acids is 1. The molecule has 0 atom stereocenters. The summed E-state index contributed by atoms with van der Waals surface area (Å²) in [4.78, 5) is 12.0. The van der Waals surface area contributed by atoms with Gasteiger partial charge in [-0.15, -0.1) is 11.8 Å². The smallest absolute Gasteiger partial charge is 0.337 e. The van der Waals surface area contributed by atoms with Gasteiger partial charge in [0.2, 0.25) is 0 Å². The average molecular weight is 231 g/mol. The van der Waals surface area contributed by atoms with Crippen molar-refractivity contribution in [3.05, 3.63) is 28.3 Å². The number of halogens is 1. The molecule has 1 aromatic carbocycles. The fourth-order valence-corrected chi connectivity index (χ4v) is 2.33. The minimum atomic E-state index is -0.956. The molecule has 0 aliphatic heterocycles. The summed E-state index contributed by atoms with van der Waals surface area (Å²) < 4.78 is 0. The molecule has 14 heavy (non-hydrogen) atoms. The topological polar surface area (TPSA) is 37.3 Å². The molecule has 0 unspecified atom stereocenters. The Morgan fingerprint density at radius 2 is 2.21 bits per heavy atom. The molecule has 0 bridgehead atoms. The minimum absolute atomic E-state index is 0.237. The second-order valence-electron chi connectivity index (χ2n) is 2.76. The highest BCUT2D eigenvalue weighted by atomic mass is 35.5. The Morgan fingerprint density at radius 1 is 1.57 bits per heavy atom. The van der Waals surface area contributed by atoms with Crippen LogP contribution in [0, 0.1) is 0 Å². The second-order valence-corrected chi connectivity index (χ2v) is 4.02. The molecule has 1 N–H and O–H groups in total. The molecule has 0 radical (unpaired) electrons. The normalized spacial score (nSPS) is 10.2. The van der Waals surface area contributed by atoms with Crippen LogP contribution < -0.4 is 0 Å². The highest BCUT2D eigenvalue weighted by molar-refractivity contribution is 7.98. The summed E-state index contributed by atoms with van der Waals surface area (Å²) in [5.74, 6) is -0.956. The third-order valence-corrected chi connectivity index (χ3v) is 3.14. The Labute approximate surface area is 92.3 Å². The van der Waals surface area contributed by atoms with Crippen LogP contribution in [0.25, 0.3) is 0 Å². The van der Waals surface area contributed by atoms with Crippen LogP contribution in [0.15, 0.2) is 17.0 Å². The second kappa shape index (κ2) is 4.71. The molecule has 0 saturated heterocycles. The van der Waals surface area contributed by atoms with Crippen LogP contribution in [0.2, 0.25) is 5.02 Å². The third kappa shape index (κ3) is 2.04. The van der Waals surface area contributed by atoms with Gasteiger partial charge in [0.25, 0.3) is 0 Å². The average Bonchev–Trinajstić information content (AvgIpc) is 2.16. The van der Waals surface area contributed by atoms with Gasteiger partial charge in [0.1, 0.15) is 0 Å². The van der Waals surface area contributed by atoms with Crippen molar-refractivity contribution in [2.45, 2.75) is 18.2 Å². The molecular weight excluding hydrogens is 220 g/mol. The van der Waals surface area contributed by atoms with Crippen molar-refractivity contribution in [3.63, 3.8) is 0 Å². The molecule has 0 fully saturated rings. The molecule has 1 aromatic rings. The summed E-state index contributed by atoms with van der Waals surface area (Å²) in [5, 5.41) is 9.32. The van der Waals surface area contributed by atoms with Crippen LogP contribution in [-0.4, -0.2) is 17.3 Å². The van der Waals surface area contributed by atoms with Crippen molar-refractivity contribution in [1.29, 1.82) is 0 Å². The summed E-state index contributed by atoms with van der Waals surface area (Å²) in [5.41, 5.74) is 1.05. The van der Waals surface area contributed by atoms with E-state index in [-0.39, 0.29) is 5.56 Å². The van der Waals surface area contributed by atoms with E-state index in [0.717, 1.165) is 10.5 Å². The van der Waals surface area contributed by atoms with Gasteiger partial charge in [0.15, 0.2) is 0 Å². The first-order chi connectivity index (χ1) is 6.61.